The number of carbonyl (C=O) groups is 2. The fourth-order valence-corrected chi connectivity index (χ4v) is 2.63. The third-order valence-electron chi connectivity index (χ3n) is 3.86. The van der Waals surface area contributed by atoms with Crippen molar-refractivity contribution in [2.45, 2.75) is 38.9 Å². The van der Waals surface area contributed by atoms with Gasteiger partial charge in [0.15, 0.2) is 0 Å². The normalized spacial score (nSPS) is 12.4. The number of aliphatic carboxylic acids is 1. The largest absolute Gasteiger partial charge is 0.490 e. The van der Waals surface area contributed by atoms with Crippen molar-refractivity contribution in [2.75, 3.05) is 19.7 Å². The number of carbonyl (C=O) groups excluding carboxylic acids is 1. The lowest BCUT2D eigenvalue weighted by Crippen LogP contribution is -2.43. The van der Waals surface area contributed by atoms with Crippen molar-refractivity contribution in [1.29, 1.82) is 0 Å². The first-order chi connectivity index (χ1) is 13.2. The van der Waals surface area contributed by atoms with Gasteiger partial charge in [-0.1, -0.05) is 36.4 Å². The number of aliphatic hydroxyl groups is 1. The van der Waals surface area contributed by atoms with Crippen LogP contribution in [0.2, 0.25) is 0 Å². The van der Waals surface area contributed by atoms with E-state index in [2.05, 4.69) is 0 Å². The van der Waals surface area contributed by atoms with Gasteiger partial charge in [-0.15, -0.1) is 0 Å². The van der Waals surface area contributed by atoms with E-state index < -0.39 is 23.8 Å². The van der Waals surface area contributed by atoms with Gasteiger partial charge in [0.25, 0.3) is 0 Å². The van der Waals surface area contributed by atoms with Crippen LogP contribution in [0.3, 0.4) is 0 Å². The van der Waals surface area contributed by atoms with Gasteiger partial charge in [0.1, 0.15) is 24.1 Å². The molecule has 0 aromatic heterocycles. The average Bonchev–Trinajstić information content (AvgIpc) is 2.61. The first-order valence-corrected chi connectivity index (χ1v) is 9.14. The molecule has 0 aliphatic rings. The molecule has 0 aliphatic heterocycles. The molecule has 0 heterocycles. The number of fused-ring (bicyclic) bond motifs is 1. The number of hydrogen-bond acceptors (Lipinski definition) is 5. The van der Waals surface area contributed by atoms with E-state index in [1.807, 2.05) is 42.5 Å². The molecule has 0 spiro atoms. The van der Waals surface area contributed by atoms with Crippen molar-refractivity contribution in [3.8, 4) is 5.75 Å². The molecule has 0 fully saturated rings. The zero-order valence-electron chi connectivity index (χ0n) is 16.4. The van der Waals surface area contributed by atoms with E-state index in [1.165, 1.54) is 4.90 Å². The van der Waals surface area contributed by atoms with Gasteiger partial charge in [0.05, 0.1) is 13.0 Å². The molecule has 7 heteroatoms. The Hall–Kier alpha value is -2.80. The zero-order valence-corrected chi connectivity index (χ0v) is 16.4. The highest BCUT2D eigenvalue weighted by Gasteiger charge is 2.25. The molecule has 7 nitrogen and oxygen atoms in total. The lowest BCUT2D eigenvalue weighted by Gasteiger charge is -2.28. The van der Waals surface area contributed by atoms with Gasteiger partial charge in [0, 0.05) is 11.9 Å². The van der Waals surface area contributed by atoms with Gasteiger partial charge in [-0.25, -0.2) is 4.79 Å². The maximum atomic E-state index is 12.3. The van der Waals surface area contributed by atoms with Crippen LogP contribution in [-0.4, -0.2) is 58.6 Å². The Bertz CT molecular complexity index is 809. The van der Waals surface area contributed by atoms with E-state index in [0.717, 1.165) is 10.8 Å². The molecular formula is C21H27NO6. The number of carboxylic acid groups (broad SMARTS) is 1. The molecule has 0 saturated heterocycles. The number of amides is 1. The Balaban J connectivity index is 2.00. The number of carboxylic acids is 1. The van der Waals surface area contributed by atoms with Crippen LogP contribution in [0.1, 0.15) is 27.2 Å². The van der Waals surface area contributed by atoms with Crippen molar-refractivity contribution in [3.05, 3.63) is 42.5 Å². The molecule has 0 saturated carbocycles. The smallest absolute Gasteiger partial charge is 0.410 e. The van der Waals surface area contributed by atoms with E-state index >= 15 is 0 Å². The minimum Gasteiger partial charge on any atom is -0.490 e. The number of hydrogen-bond donors (Lipinski definition) is 2. The summed E-state index contributed by atoms with van der Waals surface area (Å²) >= 11 is 0. The van der Waals surface area contributed by atoms with Gasteiger partial charge in [0.2, 0.25) is 0 Å². The number of aliphatic hydroxyl groups excluding tert-OH is 1. The molecule has 1 amide bonds. The molecule has 1 atom stereocenters. The number of rotatable bonds is 8. The summed E-state index contributed by atoms with van der Waals surface area (Å²) in [6, 6.07) is 13.4. The van der Waals surface area contributed by atoms with Gasteiger partial charge < -0.3 is 24.6 Å². The minimum atomic E-state index is -1.03. The monoisotopic (exact) mass is 389 g/mol. The minimum absolute atomic E-state index is 0.0413. The maximum Gasteiger partial charge on any atom is 0.410 e. The van der Waals surface area contributed by atoms with E-state index in [1.54, 1.807) is 20.8 Å². The van der Waals surface area contributed by atoms with Crippen LogP contribution in [-0.2, 0) is 9.53 Å². The van der Waals surface area contributed by atoms with Crippen LogP contribution >= 0.6 is 0 Å². The molecule has 2 N–H and O–H groups in total. The first-order valence-electron chi connectivity index (χ1n) is 9.14. The van der Waals surface area contributed by atoms with Crippen molar-refractivity contribution >= 4 is 22.8 Å². The molecule has 2 rings (SSSR count). The van der Waals surface area contributed by atoms with Gasteiger partial charge in [-0.05, 0) is 32.2 Å². The average molecular weight is 389 g/mol. The summed E-state index contributed by atoms with van der Waals surface area (Å²) in [6.45, 7) is 4.98. The zero-order chi connectivity index (χ0) is 20.7. The van der Waals surface area contributed by atoms with E-state index in [4.69, 9.17) is 14.6 Å². The maximum absolute atomic E-state index is 12.3. The molecule has 152 valence electrons. The van der Waals surface area contributed by atoms with Crippen molar-refractivity contribution in [2.24, 2.45) is 0 Å². The summed E-state index contributed by atoms with van der Waals surface area (Å²) in [5.74, 6) is -0.401. The van der Waals surface area contributed by atoms with Crippen molar-refractivity contribution in [3.63, 3.8) is 0 Å². The predicted octanol–water partition coefficient (Wildman–Crippen LogP) is 3.29. The second-order valence-electron chi connectivity index (χ2n) is 7.51. The Kier molecular flexibility index (Phi) is 7.23. The Morgan fingerprint density at radius 2 is 1.79 bits per heavy atom. The number of nitrogens with zero attached hydrogens (tertiary/aromatic N) is 1. The Labute approximate surface area is 164 Å². The summed E-state index contributed by atoms with van der Waals surface area (Å²) < 4.78 is 11.0. The van der Waals surface area contributed by atoms with Crippen LogP contribution in [0.5, 0.6) is 5.75 Å². The van der Waals surface area contributed by atoms with E-state index in [0.29, 0.717) is 5.75 Å². The Morgan fingerprint density at radius 3 is 2.46 bits per heavy atom. The lowest BCUT2D eigenvalue weighted by molar-refractivity contribution is -0.137. The fraction of sp³-hybridized carbons (Fsp3) is 0.429. The van der Waals surface area contributed by atoms with Gasteiger partial charge in [-0.3, -0.25) is 4.79 Å². The molecule has 0 bridgehead atoms. The summed E-state index contributed by atoms with van der Waals surface area (Å²) in [5, 5.41) is 21.2. The highest BCUT2D eigenvalue weighted by atomic mass is 16.6. The van der Waals surface area contributed by atoms with Crippen LogP contribution in [0, 0.1) is 0 Å². The van der Waals surface area contributed by atoms with Gasteiger partial charge >= 0.3 is 12.1 Å². The highest BCUT2D eigenvalue weighted by Crippen LogP contribution is 2.25. The topological polar surface area (TPSA) is 96.3 Å². The third-order valence-corrected chi connectivity index (χ3v) is 3.86. The summed E-state index contributed by atoms with van der Waals surface area (Å²) in [7, 11) is 0. The summed E-state index contributed by atoms with van der Waals surface area (Å²) in [6.07, 6.45) is -1.91. The number of ether oxygens (including phenoxy) is 2. The van der Waals surface area contributed by atoms with Crippen molar-refractivity contribution in [1.82, 2.24) is 4.90 Å². The predicted molar refractivity (Wildman–Crippen MR) is 106 cm³/mol. The van der Waals surface area contributed by atoms with Crippen LogP contribution in [0.25, 0.3) is 10.8 Å². The quantitative estimate of drug-likeness (QED) is 0.719. The molecule has 0 aliphatic carbocycles. The molecule has 28 heavy (non-hydrogen) atoms. The van der Waals surface area contributed by atoms with Crippen LogP contribution in [0.15, 0.2) is 42.5 Å². The second kappa shape index (κ2) is 9.41. The lowest BCUT2D eigenvalue weighted by atomic mass is 10.1. The van der Waals surface area contributed by atoms with E-state index in [-0.39, 0.29) is 26.1 Å². The van der Waals surface area contributed by atoms with Crippen molar-refractivity contribution < 1.29 is 29.3 Å². The SMILES string of the molecule is CC(C)(C)OC(=O)N(CCC(=O)O)CC(O)COc1cccc2ccccc12. The molecule has 1 unspecified atom stereocenters. The fourth-order valence-electron chi connectivity index (χ4n) is 2.63. The summed E-state index contributed by atoms with van der Waals surface area (Å²) in [5.41, 5.74) is -0.719. The molecular weight excluding hydrogens is 362 g/mol. The summed E-state index contributed by atoms with van der Waals surface area (Å²) in [4.78, 5) is 24.4. The Morgan fingerprint density at radius 1 is 1.11 bits per heavy atom. The van der Waals surface area contributed by atoms with Gasteiger partial charge in [-0.2, -0.15) is 0 Å². The van der Waals surface area contributed by atoms with Crippen LogP contribution < -0.4 is 4.74 Å². The number of benzene rings is 2. The van der Waals surface area contributed by atoms with Crippen LogP contribution in [0.4, 0.5) is 4.79 Å². The highest BCUT2D eigenvalue weighted by molar-refractivity contribution is 5.88. The second-order valence-corrected chi connectivity index (χ2v) is 7.51. The molecule has 2 aromatic rings. The first kappa shape index (κ1) is 21.5. The van der Waals surface area contributed by atoms with E-state index in [9.17, 15) is 14.7 Å². The molecule has 0 radical (unpaired) electrons. The third kappa shape index (κ3) is 6.74. The standard InChI is InChI=1S/C21H27NO6/c1-21(2,3)28-20(26)22(12-11-19(24)25)13-16(23)14-27-18-10-6-8-15-7-4-5-9-17(15)18/h4-10,16,23H,11-14H2,1-3H3,(H,24,25). The molecule has 2 aromatic carbocycles.